The van der Waals surface area contributed by atoms with Crippen LogP contribution in [0.15, 0.2) is 36.4 Å². The molecule has 0 radical (unpaired) electrons. The number of alkyl halides is 3. The van der Waals surface area contributed by atoms with Crippen LogP contribution < -0.4 is 4.74 Å². The van der Waals surface area contributed by atoms with Crippen LogP contribution in [0.5, 0.6) is 5.75 Å². The minimum atomic E-state index is -4.51. The highest BCUT2D eigenvalue weighted by Gasteiger charge is 2.33. The number of carbonyl (C=O) groups is 2. The number of carboxylic acids is 1. The number of Topliss-reactive ketones (excluding diaryl/α,β-unsaturated/α-hetero) is 1. The summed E-state index contributed by atoms with van der Waals surface area (Å²) < 4.78 is 44.8. The van der Waals surface area contributed by atoms with E-state index in [0.29, 0.717) is 29.5 Å². The summed E-state index contributed by atoms with van der Waals surface area (Å²) in [6, 6.07) is 7.77. The summed E-state index contributed by atoms with van der Waals surface area (Å²) >= 11 is 0. The average Bonchev–Trinajstić information content (AvgIpc) is 2.93. The van der Waals surface area contributed by atoms with E-state index in [9.17, 15) is 27.9 Å². The number of ketones is 1. The summed E-state index contributed by atoms with van der Waals surface area (Å²) in [5, 5.41) is 9.32. The number of aryl methyl sites for hydroxylation is 1. The Kier molecular flexibility index (Phi) is 4.49. The monoisotopic (exact) mass is 378 g/mol. The lowest BCUT2D eigenvalue weighted by Crippen LogP contribution is -2.38. The van der Waals surface area contributed by atoms with Crippen molar-refractivity contribution in [1.29, 1.82) is 0 Å². The Morgan fingerprint density at radius 3 is 2.41 bits per heavy atom. The number of aliphatic carboxylic acids is 1. The van der Waals surface area contributed by atoms with Gasteiger partial charge in [0.1, 0.15) is 5.75 Å². The van der Waals surface area contributed by atoms with Gasteiger partial charge in [0.05, 0.1) is 5.56 Å². The fourth-order valence-electron chi connectivity index (χ4n) is 2.97. The van der Waals surface area contributed by atoms with Crippen LogP contribution in [0.4, 0.5) is 13.2 Å². The Balaban J connectivity index is 2.17. The SMILES string of the molecule is CC(C)(Oc1cc2c(cc1-c1cccc(C(F)(F)F)c1)CCC2=O)C(=O)O. The second-order valence-electron chi connectivity index (χ2n) is 6.92. The van der Waals surface area contributed by atoms with Crippen LogP contribution in [0, 0.1) is 0 Å². The molecule has 2 aromatic rings. The Morgan fingerprint density at radius 1 is 1.07 bits per heavy atom. The van der Waals surface area contributed by atoms with Crippen molar-refractivity contribution in [3.05, 3.63) is 53.1 Å². The van der Waals surface area contributed by atoms with Crippen LogP contribution in [0.25, 0.3) is 11.1 Å². The predicted molar refractivity (Wildman–Crippen MR) is 91.9 cm³/mol. The summed E-state index contributed by atoms with van der Waals surface area (Å²) in [5.74, 6) is -1.27. The van der Waals surface area contributed by atoms with E-state index in [0.717, 1.165) is 12.1 Å². The summed E-state index contributed by atoms with van der Waals surface area (Å²) in [7, 11) is 0. The van der Waals surface area contributed by atoms with Crippen molar-refractivity contribution < 1.29 is 32.6 Å². The third kappa shape index (κ3) is 3.67. The van der Waals surface area contributed by atoms with Crippen molar-refractivity contribution in [3.8, 4) is 16.9 Å². The molecule has 0 atom stereocenters. The van der Waals surface area contributed by atoms with Crippen molar-refractivity contribution in [2.24, 2.45) is 0 Å². The Hall–Kier alpha value is -2.83. The van der Waals surface area contributed by atoms with Gasteiger partial charge < -0.3 is 9.84 Å². The molecule has 0 saturated heterocycles. The van der Waals surface area contributed by atoms with Gasteiger partial charge in [0.25, 0.3) is 0 Å². The quantitative estimate of drug-likeness (QED) is 0.834. The molecule has 0 spiro atoms. The summed E-state index contributed by atoms with van der Waals surface area (Å²) in [6.45, 7) is 2.67. The molecule has 0 saturated carbocycles. The fourth-order valence-corrected chi connectivity index (χ4v) is 2.97. The van der Waals surface area contributed by atoms with Crippen LogP contribution in [-0.4, -0.2) is 22.5 Å². The van der Waals surface area contributed by atoms with E-state index in [1.54, 1.807) is 6.07 Å². The van der Waals surface area contributed by atoms with E-state index in [4.69, 9.17) is 4.74 Å². The van der Waals surface area contributed by atoms with Crippen molar-refractivity contribution >= 4 is 11.8 Å². The smallest absolute Gasteiger partial charge is 0.416 e. The first-order valence-electron chi connectivity index (χ1n) is 8.29. The fraction of sp³-hybridized carbons (Fsp3) is 0.300. The molecular formula is C20H17F3O4. The number of halogens is 3. The number of ether oxygens (including phenoxy) is 1. The molecule has 3 rings (SSSR count). The average molecular weight is 378 g/mol. The summed E-state index contributed by atoms with van der Waals surface area (Å²) in [4.78, 5) is 23.4. The van der Waals surface area contributed by atoms with Gasteiger partial charge in [0, 0.05) is 17.5 Å². The van der Waals surface area contributed by atoms with Crippen molar-refractivity contribution in [2.75, 3.05) is 0 Å². The Bertz CT molecular complexity index is 929. The molecule has 7 heteroatoms. The van der Waals surface area contributed by atoms with E-state index in [1.165, 1.54) is 32.0 Å². The molecule has 1 aliphatic carbocycles. The molecular weight excluding hydrogens is 361 g/mol. The second kappa shape index (κ2) is 6.40. The van der Waals surface area contributed by atoms with Gasteiger partial charge in [-0.3, -0.25) is 4.79 Å². The van der Waals surface area contributed by atoms with Gasteiger partial charge in [0.2, 0.25) is 0 Å². The van der Waals surface area contributed by atoms with E-state index in [2.05, 4.69) is 0 Å². The zero-order valence-electron chi connectivity index (χ0n) is 14.7. The molecule has 4 nitrogen and oxygen atoms in total. The number of benzene rings is 2. The first-order chi connectivity index (χ1) is 12.5. The maximum absolute atomic E-state index is 13.1. The molecule has 2 aromatic carbocycles. The van der Waals surface area contributed by atoms with E-state index >= 15 is 0 Å². The molecule has 0 fully saturated rings. The normalized spacial score (nSPS) is 14.2. The lowest BCUT2D eigenvalue weighted by atomic mass is 9.97. The molecule has 0 amide bonds. The van der Waals surface area contributed by atoms with Crippen molar-refractivity contribution in [1.82, 2.24) is 0 Å². The topological polar surface area (TPSA) is 63.6 Å². The largest absolute Gasteiger partial charge is 0.478 e. The third-order valence-electron chi connectivity index (χ3n) is 4.51. The Labute approximate surface area is 153 Å². The molecule has 0 heterocycles. The molecule has 142 valence electrons. The van der Waals surface area contributed by atoms with Crippen LogP contribution in [0.1, 0.15) is 41.8 Å². The molecule has 0 bridgehead atoms. The molecule has 0 unspecified atom stereocenters. The van der Waals surface area contributed by atoms with Crippen molar-refractivity contribution in [2.45, 2.75) is 38.5 Å². The molecule has 27 heavy (non-hydrogen) atoms. The second-order valence-corrected chi connectivity index (χ2v) is 6.92. The van der Waals surface area contributed by atoms with E-state index in [-0.39, 0.29) is 17.1 Å². The number of hydrogen-bond acceptors (Lipinski definition) is 3. The first-order valence-corrected chi connectivity index (χ1v) is 8.29. The maximum Gasteiger partial charge on any atom is 0.416 e. The van der Waals surface area contributed by atoms with Gasteiger partial charge in [-0.15, -0.1) is 0 Å². The highest BCUT2D eigenvalue weighted by Crippen LogP contribution is 2.40. The minimum absolute atomic E-state index is 0.0655. The number of carboxylic acid groups (broad SMARTS) is 1. The minimum Gasteiger partial charge on any atom is -0.478 e. The van der Waals surface area contributed by atoms with Crippen LogP contribution in [-0.2, 0) is 17.4 Å². The molecule has 1 aliphatic rings. The zero-order chi connectivity index (χ0) is 20.0. The van der Waals surface area contributed by atoms with Gasteiger partial charge in [-0.05, 0) is 55.7 Å². The summed E-state index contributed by atoms with van der Waals surface area (Å²) in [6.07, 6.45) is -3.71. The van der Waals surface area contributed by atoms with Gasteiger partial charge in [0.15, 0.2) is 11.4 Å². The van der Waals surface area contributed by atoms with Gasteiger partial charge in [-0.2, -0.15) is 13.2 Å². The molecule has 0 aromatic heterocycles. The predicted octanol–water partition coefficient (Wildman–Crippen LogP) is 4.74. The highest BCUT2D eigenvalue weighted by molar-refractivity contribution is 6.01. The van der Waals surface area contributed by atoms with Gasteiger partial charge in [-0.25, -0.2) is 4.79 Å². The third-order valence-corrected chi connectivity index (χ3v) is 4.51. The first kappa shape index (κ1) is 18.9. The number of fused-ring (bicyclic) bond motifs is 1. The van der Waals surface area contributed by atoms with E-state index < -0.39 is 23.3 Å². The zero-order valence-corrected chi connectivity index (χ0v) is 14.7. The van der Waals surface area contributed by atoms with Crippen LogP contribution in [0.3, 0.4) is 0 Å². The lowest BCUT2D eigenvalue weighted by Gasteiger charge is -2.24. The lowest BCUT2D eigenvalue weighted by molar-refractivity contribution is -0.152. The summed E-state index contributed by atoms with van der Waals surface area (Å²) in [5.41, 5.74) is -0.742. The molecule has 1 N–H and O–H groups in total. The van der Waals surface area contributed by atoms with Gasteiger partial charge in [-0.1, -0.05) is 12.1 Å². The Morgan fingerprint density at radius 2 is 1.78 bits per heavy atom. The number of hydrogen-bond donors (Lipinski definition) is 1. The van der Waals surface area contributed by atoms with E-state index in [1.807, 2.05) is 0 Å². The standard InChI is InChI=1S/C20H17F3O4/c1-19(2,18(25)26)27-17-10-14-12(6-7-16(14)24)9-15(17)11-4-3-5-13(8-11)20(21,22)23/h3-5,8-10H,6-7H2,1-2H3,(H,25,26). The highest BCUT2D eigenvalue weighted by atomic mass is 19.4. The van der Waals surface area contributed by atoms with Crippen LogP contribution in [0.2, 0.25) is 0 Å². The number of carbonyl (C=O) groups excluding carboxylic acids is 1. The van der Waals surface area contributed by atoms with Crippen LogP contribution >= 0.6 is 0 Å². The van der Waals surface area contributed by atoms with Gasteiger partial charge >= 0.3 is 12.1 Å². The van der Waals surface area contributed by atoms with Crippen molar-refractivity contribution in [3.63, 3.8) is 0 Å². The maximum atomic E-state index is 13.1. The number of rotatable bonds is 4. The molecule has 0 aliphatic heterocycles.